The fourth-order valence-corrected chi connectivity index (χ4v) is 4.01. The summed E-state index contributed by atoms with van der Waals surface area (Å²) in [6.07, 6.45) is 0.568. The van der Waals surface area contributed by atoms with Crippen molar-refractivity contribution in [2.24, 2.45) is 5.92 Å². The van der Waals surface area contributed by atoms with Crippen LogP contribution >= 0.6 is 11.8 Å². The number of benzene rings is 1. The highest BCUT2D eigenvalue weighted by atomic mass is 32.2. The van der Waals surface area contributed by atoms with Gasteiger partial charge in [-0.3, -0.25) is 20.2 Å². The SMILES string of the molecule is CCNC1CSCC1Cc1ccc([N+](=O)[O-])cc1[N+](=O)[O-]. The number of nitrogens with one attached hydrogen (secondary N) is 1. The molecule has 1 heterocycles. The molecule has 1 aliphatic rings. The van der Waals surface area contributed by atoms with Gasteiger partial charge in [0.2, 0.25) is 0 Å². The van der Waals surface area contributed by atoms with Crippen LogP contribution in [0.3, 0.4) is 0 Å². The molecule has 0 spiro atoms. The summed E-state index contributed by atoms with van der Waals surface area (Å²) in [4.78, 5) is 20.7. The van der Waals surface area contributed by atoms with E-state index in [0.29, 0.717) is 23.9 Å². The van der Waals surface area contributed by atoms with Gasteiger partial charge in [0, 0.05) is 23.4 Å². The third-order valence-electron chi connectivity index (χ3n) is 3.62. The van der Waals surface area contributed by atoms with Gasteiger partial charge in [-0.05, 0) is 30.7 Å². The summed E-state index contributed by atoms with van der Waals surface area (Å²) in [6, 6.07) is 4.25. The first-order chi connectivity index (χ1) is 10.0. The molecule has 2 unspecified atom stereocenters. The Labute approximate surface area is 126 Å². The topological polar surface area (TPSA) is 98.3 Å². The Kier molecular flexibility index (Phi) is 5.13. The highest BCUT2D eigenvalue weighted by Gasteiger charge is 2.30. The van der Waals surface area contributed by atoms with E-state index in [9.17, 15) is 20.2 Å². The average Bonchev–Trinajstić information content (AvgIpc) is 2.86. The third kappa shape index (κ3) is 3.70. The lowest BCUT2D eigenvalue weighted by Crippen LogP contribution is -2.36. The Morgan fingerprint density at radius 1 is 1.29 bits per heavy atom. The van der Waals surface area contributed by atoms with Gasteiger partial charge in [0.1, 0.15) is 0 Å². The number of hydrogen-bond acceptors (Lipinski definition) is 6. The zero-order chi connectivity index (χ0) is 15.4. The molecule has 1 saturated heterocycles. The maximum absolute atomic E-state index is 11.1. The molecule has 0 amide bonds. The van der Waals surface area contributed by atoms with E-state index < -0.39 is 9.85 Å². The average molecular weight is 311 g/mol. The normalized spacial score (nSPS) is 21.4. The number of rotatable bonds is 6. The van der Waals surface area contributed by atoms with Crippen LogP contribution in [0.4, 0.5) is 11.4 Å². The molecule has 2 rings (SSSR count). The molecule has 7 nitrogen and oxygen atoms in total. The van der Waals surface area contributed by atoms with Crippen LogP contribution in [0.5, 0.6) is 0 Å². The van der Waals surface area contributed by atoms with Crippen LogP contribution < -0.4 is 5.32 Å². The summed E-state index contributed by atoms with van der Waals surface area (Å²) in [6.45, 7) is 2.90. The smallest absolute Gasteiger partial charge is 0.279 e. The molecule has 0 bridgehead atoms. The molecule has 0 saturated carbocycles. The lowest BCUT2D eigenvalue weighted by molar-refractivity contribution is -0.394. The van der Waals surface area contributed by atoms with Crippen molar-refractivity contribution in [3.05, 3.63) is 44.0 Å². The Hall–Kier alpha value is -1.67. The summed E-state index contributed by atoms with van der Waals surface area (Å²) >= 11 is 1.83. The van der Waals surface area contributed by atoms with E-state index in [2.05, 4.69) is 5.32 Å². The molecule has 21 heavy (non-hydrogen) atoms. The van der Waals surface area contributed by atoms with E-state index in [1.807, 2.05) is 18.7 Å². The van der Waals surface area contributed by atoms with Crippen LogP contribution in [0.25, 0.3) is 0 Å². The van der Waals surface area contributed by atoms with Crippen LogP contribution in [-0.4, -0.2) is 33.9 Å². The zero-order valence-corrected chi connectivity index (χ0v) is 12.5. The summed E-state index contributed by atoms with van der Waals surface area (Å²) in [7, 11) is 0. The molecule has 1 N–H and O–H groups in total. The third-order valence-corrected chi connectivity index (χ3v) is 4.88. The van der Waals surface area contributed by atoms with Gasteiger partial charge in [-0.2, -0.15) is 11.8 Å². The standard InChI is InChI=1S/C13H17N3O4S/c1-2-14-12-8-21-7-10(12)5-9-3-4-11(15(17)18)6-13(9)16(19)20/h3-4,6,10,12,14H,2,5,7-8H2,1H3. The summed E-state index contributed by atoms with van der Waals surface area (Å²) in [5, 5.41) is 25.3. The van der Waals surface area contributed by atoms with Crippen molar-refractivity contribution >= 4 is 23.1 Å². The molecule has 8 heteroatoms. The summed E-state index contributed by atoms with van der Waals surface area (Å²) in [5.74, 6) is 2.26. The van der Waals surface area contributed by atoms with Crippen molar-refractivity contribution in [3.63, 3.8) is 0 Å². The number of nitro groups is 2. The van der Waals surface area contributed by atoms with Crippen molar-refractivity contribution in [3.8, 4) is 0 Å². The Balaban J connectivity index is 2.23. The van der Waals surface area contributed by atoms with Gasteiger partial charge in [-0.25, -0.2) is 0 Å². The quantitative estimate of drug-likeness (QED) is 0.640. The first-order valence-electron chi connectivity index (χ1n) is 6.75. The molecule has 1 aromatic carbocycles. The lowest BCUT2D eigenvalue weighted by atomic mass is 9.94. The molecule has 114 valence electrons. The highest BCUT2D eigenvalue weighted by molar-refractivity contribution is 7.99. The van der Waals surface area contributed by atoms with E-state index in [-0.39, 0.29) is 11.4 Å². The molecule has 2 atom stereocenters. The second-order valence-corrected chi connectivity index (χ2v) is 6.07. The molecule has 0 aliphatic carbocycles. The highest BCUT2D eigenvalue weighted by Crippen LogP contribution is 2.32. The number of thioether (sulfide) groups is 1. The fourth-order valence-electron chi connectivity index (χ4n) is 2.58. The molecule has 0 aromatic heterocycles. The molecule has 0 radical (unpaired) electrons. The predicted octanol–water partition coefficient (Wildman–Crippen LogP) is 2.39. The number of non-ortho nitro benzene ring substituents is 1. The maximum atomic E-state index is 11.1. The lowest BCUT2D eigenvalue weighted by Gasteiger charge is -2.19. The fraction of sp³-hybridized carbons (Fsp3) is 0.538. The Morgan fingerprint density at radius 2 is 2.05 bits per heavy atom. The number of nitro benzene ring substituents is 2. The second-order valence-electron chi connectivity index (χ2n) is 4.99. The minimum atomic E-state index is -0.607. The van der Waals surface area contributed by atoms with Gasteiger partial charge in [-0.1, -0.05) is 6.92 Å². The largest absolute Gasteiger partial charge is 0.313 e. The van der Waals surface area contributed by atoms with Crippen molar-refractivity contribution in [2.45, 2.75) is 19.4 Å². The predicted molar refractivity (Wildman–Crippen MR) is 81.7 cm³/mol. The van der Waals surface area contributed by atoms with Crippen LogP contribution in [0, 0.1) is 26.1 Å². The first-order valence-corrected chi connectivity index (χ1v) is 7.91. The molecular formula is C13H17N3O4S. The van der Waals surface area contributed by atoms with Gasteiger partial charge in [0.15, 0.2) is 0 Å². The number of hydrogen-bond donors (Lipinski definition) is 1. The van der Waals surface area contributed by atoms with E-state index in [4.69, 9.17) is 0 Å². The Morgan fingerprint density at radius 3 is 2.67 bits per heavy atom. The van der Waals surface area contributed by atoms with Gasteiger partial charge in [0.25, 0.3) is 11.4 Å². The van der Waals surface area contributed by atoms with Crippen LogP contribution in [0.2, 0.25) is 0 Å². The second kappa shape index (κ2) is 6.86. The molecule has 1 fully saturated rings. The summed E-state index contributed by atoms with van der Waals surface area (Å²) in [5.41, 5.74) is 0.173. The molecule has 1 aromatic rings. The Bertz CT molecular complexity index is 552. The van der Waals surface area contributed by atoms with E-state index in [1.165, 1.54) is 12.1 Å². The van der Waals surface area contributed by atoms with Crippen LogP contribution in [0.15, 0.2) is 18.2 Å². The van der Waals surface area contributed by atoms with Gasteiger partial charge in [0.05, 0.1) is 15.9 Å². The summed E-state index contributed by atoms with van der Waals surface area (Å²) < 4.78 is 0. The molecular weight excluding hydrogens is 294 g/mol. The van der Waals surface area contributed by atoms with Crippen molar-refractivity contribution < 1.29 is 9.85 Å². The minimum absolute atomic E-state index is 0.156. The van der Waals surface area contributed by atoms with E-state index in [0.717, 1.165) is 24.1 Å². The monoisotopic (exact) mass is 311 g/mol. The maximum Gasteiger partial charge on any atom is 0.279 e. The minimum Gasteiger partial charge on any atom is -0.313 e. The molecule has 1 aliphatic heterocycles. The van der Waals surface area contributed by atoms with Crippen LogP contribution in [0.1, 0.15) is 12.5 Å². The zero-order valence-electron chi connectivity index (χ0n) is 11.7. The number of nitrogens with zero attached hydrogens (tertiary/aromatic N) is 2. The van der Waals surface area contributed by atoms with Crippen molar-refractivity contribution in [2.75, 3.05) is 18.1 Å². The van der Waals surface area contributed by atoms with Crippen molar-refractivity contribution in [1.29, 1.82) is 0 Å². The van der Waals surface area contributed by atoms with Gasteiger partial charge in [-0.15, -0.1) is 0 Å². The van der Waals surface area contributed by atoms with E-state index in [1.54, 1.807) is 0 Å². The van der Waals surface area contributed by atoms with Crippen LogP contribution in [-0.2, 0) is 6.42 Å². The first kappa shape index (κ1) is 15.7. The van der Waals surface area contributed by atoms with Gasteiger partial charge < -0.3 is 5.32 Å². The van der Waals surface area contributed by atoms with E-state index >= 15 is 0 Å². The van der Waals surface area contributed by atoms with Gasteiger partial charge >= 0.3 is 0 Å². The van der Waals surface area contributed by atoms with Crippen molar-refractivity contribution in [1.82, 2.24) is 5.32 Å².